The minimum absolute atomic E-state index is 0.0595. The molecule has 5 heteroatoms. The summed E-state index contributed by atoms with van der Waals surface area (Å²) < 4.78 is 11.0. The van der Waals surface area contributed by atoms with Gasteiger partial charge in [-0.25, -0.2) is 0 Å². The highest BCUT2D eigenvalue weighted by Gasteiger charge is 2.21. The lowest BCUT2D eigenvalue weighted by Gasteiger charge is -2.33. The van der Waals surface area contributed by atoms with Crippen molar-refractivity contribution in [3.8, 4) is 5.75 Å². The summed E-state index contributed by atoms with van der Waals surface area (Å²) in [5, 5.41) is 3.01. The Bertz CT molecular complexity index is 703. The van der Waals surface area contributed by atoms with Crippen molar-refractivity contribution < 1.29 is 14.3 Å². The van der Waals surface area contributed by atoms with E-state index in [4.69, 9.17) is 9.47 Å². The number of morpholine rings is 1. The van der Waals surface area contributed by atoms with Crippen LogP contribution in [-0.2, 0) is 16.0 Å². The Balaban J connectivity index is 1.35. The van der Waals surface area contributed by atoms with Crippen LogP contribution < -0.4 is 10.1 Å². The van der Waals surface area contributed by atoms with Crippen molar-refractivity contribution in [1.82, 2.24) is 10.2 Å². The number of hydrogen-bond acceptors (Lipinski definition) is 4. The summed E-state index contributed by atoms with van der Waals surface area (Å²) in [7, 11) is 1.64. The van der Waals surface area contributed by atoms with Crippen LogP contribution in [0.15, 0.2) is 54.6 Å². The summed E-state index contributed by atoms with van der Waals surface area (Å²) in [6, 6.07) is 18.0. The van der Waals surface area contributed by atoms with Gasteiger partial charge in [0, 0.05) is 26.2 Å². The molecule has 0 aliphatic carbocycles. The zero-order valence-corrected chi connectivity index (χ0v) is 15.9. The second-order valence-corrected chi connectivity index (χ2v) is 6.80. The summed E-state index contributed by atoms with van der Waals surface area (Å²) >= 11 is 0. The zero-order chi connectivity index (χ0) is 18.9. The Morgan fingerprint density at radius 3 is 2.70 bits per heavy atom. The molecule has 1 atom stereocenters. The third-order valence-electron chi connectivity index (χ3n) is 4.82. The largest absolute Gasteiger partial charge is 0.497 e. The van der Waals surface area contributed by atoms with Gasteiger partial charge in [-0.1, -0.05) is 42.5 Å². The molecule has 2 aromatic rings. The Labute approximate surface area is 161 Å². The maximum Gasteiger partial charge on any atom is 0.224 e. The van der Waals surface area contributed by atoms with Crippen LogP contribution in [0.1, 0.15) is 23.7 Å². The lowest BCUT2D eigenvalue weighted by molar-refractivity contribution is -0.120. The maximum atomic E-state index is 12.1. The quantitative estimate of drug-likeness (QED) is 0.728. The Morgan fingerprint density at radius 2 is 1.96 bits per heavy atom. The van der Waals surface area contributed by atoms with Gasteiger partial charge >= 0.3 is 0 Å². The van der Waals surface area contributed by atoms with Gasteiger partial charge in [-0.15, -0.1) is 0 Å². The standard InChI is InChI=1S/C22H28N2O3/c1-26-20-10-8-18(9-11-20)16-22(25)23-12-5-13-24-14-15-27-21(17-24)19-6-3-2-4-7-19/h2-4,6-11,21H,5,12-17H2,1H3,(H,23,25). The maximum absolute atomic E-state index is 12.1. The molecule has 1 aliphatic heterocycles. The molecule has 1 N–H and O–H groups in total. The lowest BCUT2D eigenvalue weighted by atomic mass is 10.1. The summed E-state index contributed by atoms with van der Waals surface area (Å²) in [5.41, 5.74) is 2.22. The van der Waals surface area contributed by atoms with E-state index in [0.717, 1.165) is 44.0 Å². The molecule has 3 rings (SSSR count). The van der Waals surface area contributed by atoms with E-state index in [2.05, 4.69) is 34.5 Å². The number of methoxy groups -OCH3 is 1. The third kappa shape index (κ3) is 6.08. The number of rotatable bonds is 8. The molecule has 1 amide bonds. The van der Waals surface area contributed by atoms with E-state index in [0.29, 0.717) is 13.0 Å². The number of carbonyl (C=O) groups excluding carboxylic acids is 1. The van der Waals surface area contributed by atoms with E-state index in [1.807, 2.05) is 30.3 Å². The molecule has 0 bridgehead atoms. The van der Waals surface area contributed by atoms with E-state index < -0.39 is 0 Å². The summed E-state index contributed by atoms with van der Waals surface area (Å²) in [4.78, 5) is 14.5. The van der Waals surface area contributed by atoms with Crippen molar-refractivity contribution in [3.63, 3.8) is 0 Å². The monoisotopic (exact) mass is 368 g/mol. The normalized spacial score (nSPS) is 17.4. The molecule has 5 nitrogen and oxygen atoms in total. The lowest BCUT2D eigenvalue weighted by Crippen LogP contribution is -2.40. The number of carbonyl (C=O) groups is 1. The molecule has 0 radical (unpaired) electrons. The molecule has 2 aromatic carbocycles. The van der Waals surface area contributed by atoms with Gasteiger partial charge in [0.1, 0.15) is 5.75 Å². The van der Waals surface area contributed by atoms with E-state index in [1.54, 1.807) is 7.11 Å². The van der Waals surface area contributed by atoms with Crippen LogP contribution >= 0.6 is 0 Å². The molecule has 0 aromatic heterocycles. The van der Waals surface area contributed by atoms with Crippen LogP contribution in [0.5, 0.6) is 5.75 Å². The van der Waals surface area contributed by atoms with Crippen molar-refractivity contribution in [2.75, 3.05) is 39.9 Å². The topological polar surface area (TPSA) is 50.8 Å². The predicted octanol–water partition coefficient (Wildman–Crippen LogP) is 2.82. The highest BCUT2D eigenvalue weighted by molar-refractivity contribution is 5.78. The number of hydrogen-bond donors (Lipinski definition) is 1. The van der Waals surface area contributed by atoms with E-state index >= 15 is 0 Å². The molecule has 1 saturated heterocycles. The van der Waals surface area contributed by atoms with Gasteiger partial charge < -0.3 is 14.8 Å². The zero-order valence-electron chi connectivity index (χ0n) is 15.9. The second kappa shape index (κ2) is 10.1. The smallest absolute Gasteiger partial charge is 0.224 e. The number of ether oxygens (including phenoxy) is 2. The average Bonchev–Trinajstić information content (AvgIpc) is 2.73. The predicted molar refractivity (Wildman–Crippen MR) is 106 cm³/mol. The minimum Gasteiger partial charge on any atom is -0.497 e. The van der Waals surface area contributed by atoms with Crippen LogP contribution in [0, 0.1) is 0 Å². The molecule has 0 saturated carbocycles. The molecule has 1 aliphatic rings. The van der Waals surface area contributed by atoms with E-state index in [-0.39, 0.29) is 12.0 Å². The van der Waals surface area contributed by atoms with E-state index in [1.165, 1.54) is 5.56 Å². The van der Waals surface area contributed by atoms with Crippen LogP contribution in [0.4, 0.5) is 0 Å². The average molecular weight is 368 g/mol. The highest BCUT2D eigenvalue weighted by atomic mass is 16.5. The van der Waals surface area contributed by atoms with Gasteiger partial charge in [0.25, 0.3) is 0 Å². The van der Waals surface area contributed by atoms with Crippen molar-refractivity contribution >= 4 is 5.91 Å². The number of nitrogens with one attached hydrogen (secondary N) is 1. The van der Waals surface area contributed by atoms with Crippen LogP contribution in [0.25, 0.3) is 0 Å². The van der Waals surface area contributed by atoms with Gasteiger partial charge in [-0.3, -0.25) is 9.69 Å². The molecular weight excluding hydrogens is 340 g/mol. The molecule has 1 heterocycles. The van der Waals surface area contributed by atoms with Gasteiger partial charge in [-0.05, 0) is 29.7 Å². The first-order chi connectivity index (χ1) is 13.2. The molecular formula is C22H28N2O3. The number of amides is 1. The summed E-state index contributed by atoms with van der Waals surface area (Å²) in [6.45, 7) is 4.27. The highest BCUT2D eigenvalue weighted by Crippen LogP contribution is 2.21. The van der Waals surface area contributed by atoms with Crippen LogP contribution in [0.2, 0.25) is 0 Å². The summed E-state index contributed by atoms with van der Waals surface area (Å²) in [6.07, 6.45) is 1.48. The van der Waals surface area contributed by atoms with Crippen LogP contribution in [0.3, 0.4) is 0 Å². The SMILES string of the molecule is COc1ccc(CC(=O)NCCCN2CCOC(c3ccccc3)C2)cc1. The first-order valence-electron chi connectivity index (χ1n) is 9.53. The number of benzene rings is 2. The van der Waals surface area contributed by atoms with Gasteiger partial charge in [0.05, 0.1) is 26.2 Å². The van der Waals surface area contributed by atoms with Gasteiger partial charge in [0.15, 0.2) is 0 Å². The first kappa shape index (κ1) is 19.4. The van der Waals surface area contributed by atoms with Crippen LogP contribution in [-0.4, -0.2) is 50.7 Å². The Hall–Kier alpha value is -2.37. The summed E-state index contributed by atoms with van der Waals surface area (Å²) in [5.74, 6) is 0.864. The van der Waals surface area contributed by atoms with Crippen molar-refractivity contribution in [2.45, 2.75) is 18.9 Å². The molecule has 1 unspecified atom stereocenters. The molecule has 27 heavy (non-hydrogen) atoms. The van der Waals surface area contributed by atoms with Gasteiger partial charge in [-0.2, -0.15) is 0 Å². The van der Waals surface area contributed by atoms with Crippen molar-refractivity contribution in [2.24, 2.45) is 0 Å². The van der Waals surface area contributed by atoms with E-state index in [9.17, 15) is 4.79 Å². The fourth-order valence-electron chi connectivity index (χ4n) is 3.30. The fraction of sp³-hybridized carbons (Fsp3) is 0.409. The van der Waals surface area contributed by atoms with Crippen molar-refractivity contribution in [1.29, 1.82) is 0 Å². The fourth-order valence-corrected chi connectivity index (χ4v) is 3.30. The minimum atomic E-state index is 0.0595. The Morgan fingerprint density at radius 1 is 1.19 bits per heavy atom. The van der Waals surface area contributed by atoms with Crippen molar-refractivity contribution in [3.05, 3.63) is 65.7 Å². The molecule has 0 spiro atoms. The molecule has 1 fully saturated rings. The molecule has 144 valence electrons. The van der Waals surface area contributed by atoms with Gasteiger partial charge in [0.2, 0.25) is 5.91 Å². The number of nitrogens with zero attached hydrogens (tertiary/aromatic N) is 1. The Kier molecular flexibility index (Phi) is 7.25. The second-order valence-electron chi connectivity index (χ2n) is 6.80. The first-order valence-corrected chi connectivity index (χ1v) is 9.53. The third-order valence-corrected chi connectivity index (χ3v) is 4.82.